The van der Waals surface area contributed by atoms with E-state index in [0.717, 1.165) is 41.3 Å². The van der Waals surface area contributed by atoms with Crippen LogP contribution in [0.3, 0.4) is 0 Å². The van der Waals surface area contributed by atoms with Crippen molar-refractivity contribution in [2.45, 2.75) is 48.0 Å². The van der Waals surface area contributed by atoms with Crippen molar-refractivity contribution in [3.05, 3.63) is 89.0 Å². The smallest absolute Gasteiger partial charge is 0.296 e. The van der Waals surface area contributed by atoms with E-state index in [9.17, 15) is 67.4 Å². The van der Waals surface area contributed by atoms with Crippen molar-refractivity contribution in [3.63, 3.8) is 0 Å². The van der Waals surface area contributed by atoms with Gasteiger partial charge < -0.3 is 19.7 Å². The zero-order chi connectivity index (χ0) is 55.8. The van der Waals surface area contributed by atoms with E-state index in [1.54, 1.807) is 32.0 Å². The summed E-state index contributed by atoms with van der Waals surface area (Å²) in [5.74, 6) is -1.17. The van der Waals surface area contributed by atoms with Gasteiger partial charge in [0.15, 0.2) is 11.3 Å². The number of hydrogen-bond donors (Lipinski definition) is 6. The molecule has 0 spiro atoms. The Hall–Kier alpha value is -7.16. The van der Waals surface area contributed by atoms with Crippen molar-refractivity contribution < 1.29 is 71.6 Å². The summed E-state index contributed by atoms with van der Waals surface area (Å²) >= 11 is 1.83. The first-order valence-corrected chi connectivity index (χ1v) is 29.9. The van der Waals surface area contributed by atoms with E-state index in [1.807, 2.05) is 0 Å². The first kappa shape index (κ1) is 56.1. The zero-order valence-electron chi connectivity index (χ0n) is 40.0. The van der Waals surface area contributed by atoms with Crippen molar-refractivity contribution in [1.82, 2.24) is 14.4 Å². The van der Waals surface area contributed by atoms with Crippen LogP contribution in [0.5, 0.6) is 17.4 Å². The zero-order valence-corrected chi connectivity index (χ0v) is 44.9. The summed E-state index contributed by atoms with van der Waals surface area (Å²) in [6.07, 6.45) is -0.192. The average molecular weight is 1170 g/mol. The Morgan fingerprint density at radius 2 is 1.45 bits per heavy atom. The van der Waals surface area contributed by atoms with Gasteiger partial charge in [-0.1, -0.05) is 23.5 Å². The first-order valence-electron chi connectivity index (χ1n) is 22.0. The number of hydrogen-bond acceptors (Lipinski definition) is 23. The quantitative estimate of drug-likeness (QED) is 0.0179. The van der Waals surface area contributed by atoms with E-state index in [2.05, 4.69) is 46.7 Å². The van der Waals surface area contributed by atoms with Crippen LogP contribution in [0.4, 0.5) is 33.6 Å². The number of aliphatic hydroxyl groups is 1. The molecule has 26 nitrogen and oxygen atoms in total. The van der Waals surface area contributed by atoms with Crippen molar-refractivity contribution >= 4 is 135 Å². The molecule has 3 heterocycles. The van der Waals surface area contributed by atoms with Gasteiger partial charge in [0.2, 0.25) is 11.0 Å². The molecule has 8 aromatic rings. The minimum atomic E-state index is -4.90. The molecule has 0 unspecified atom stereocenters. The number of aromatic hydroxyl groups is 1. The fourth-order valence-corrected chi connectivity index (χ4v) is 12.0. The highest BCUT2D eigenvalue weighted by atomic mass is 32.2. The molecule has 32 heteroatoms. The molecule has 77 heavy (non-hydrogen) atoms. The van der Waals surface area contributed by atoms with E-state index in [4.69, 9.17) is 9.47 Å². The monoisotopic (exact) mass is 1170 g/mol. The number of pyridine rings is 1. The molecule has 3 aromatic heterocycles. The van der Waals surface area contributed by atoms with Crippen molar-refractivity contribution in [3.8, 4) is 23.4 Å². The van der Waals surface area contributed by atoms with Gasteiger partial charge in [0.05, 0.1) is 64.0 Å². The van der Waals surface area contributed by atoms with Gasteiger partial charge in [0.1, 0.15) is 44.7 Å². The number of thiazole rings is 1. The molecule has 0 radical (unpaired) electrons. The van der Waals surface area contributed by atoms with Gasteiger partial charge in [0, 0.05) is 27.5 Å². The van der Waals surface area contributed by atoms with Crippen LogP contribution in [0.25, 0.3) is 37.7 Å². The first-order chi connectivity index (χ1) is 36.3. The molecule has 8 rings (SSSR count). The molecular formula is C45H40N10O16S6. The number of aliphatic hydroxyl groups excluding tert-OH is 1. The Labute approximate surface area is 445 Å². The van der Waals surface area contributed by atoms with E-state index in [1.165, 1.54) is 41.8 Å². The van der Waals surface area contributed by atoms with Crippen molar-refractivity contribution in [2.75, 3.05) is 31.0 Å². The van der Waals surface area contributed by atoms with Gasteiger partial charge in [-0.05, 0) is 91.9 Å². The predicted molar refractivity (Wildman–Crippen MR) is 281 cm³/mol. The van der Waals surface area contributed by atoms with Crippen LogP contribution in [0.2, 0.25) is 0 Å². The molecule has 0 amide bonds. The Morgan fingerprint density at radius 3 is 2.13 bits per heavy atom. The Balaban J connectivity index is 1.19. The summed E-state index contributed by atoms with van der Waals surface area (Å²) in [6, 6.07) is 17.3. The number of azo groups is 3. The number of thioether (sulfide) groups is 1. The average Bonchev–Trinajstić information content (AvgIpc) is 4.06. The van der Waals surface area contributed by atoms with E-state index in [0.29, 0.717) is 27.2 Å². The number of aryl methyl sites for hydroxylation is 1. The number of imidazole rings is 1. The highest BCUT2D eigenvalue weighted by Gasteiger charge is 2.25. The van der Waals surface area contributed by atoms with Gasteiger partial charge in [-0.3, -0.25) is 22.6 Å². The summed E-state index contributed by atoms with van der Waals surface area (Å²) in [5.41, 5.74) is 1.71. The fourth-order valence-electron chi connectivity index (χ4n) is 7.69. The number of benzene rings is 5. The largest absolute Gasteiger partial charge is 0.494 e. The second-order valence-electron chi connectivity index (χ2n) is 16.6. The highest BCUT2D eigenvalue weighted by molar-refractivity contribution is 7.99. The third-order valence-electron chi connectivity index (χ3n) is 11.3. The molecule has 0 aliphatic heterocycles. The summed E-state index contributed by atoms with van der Waals surface area (Å²) in [5, 5.41) is 58.5. The lowest BCUT2D eigenvalue weighted by Gasteiger charge is -2.12. The van der Waals surface area contributed by atoms with E-state index in [-0.39, 0.29) is 108 Å². The number of ether oxygens (including phenoxy) is 2. The standard InChI is InChI=1S/C45H40N10O16S6/c1-23-15-32(51-53-39-24(2)29(21-46)43-47-40-34(55(43)44(39)57)7-4-8-35(40)70-3)36(71-11-5-13-74(58,59)60)19-30(23)49-52-33-16-26(22-56)31(20-37(33)72-12-6-14-75(61,62)63)50-54-45-48-41-38(77(67,68)69)17-25-9-10-27(76(64,65)66)18-28(25)42(41)73-45/h4,7-10,15-20,56-57H,5-6,11-14,22H2,1-3H3,(H,58,59,60)(H,61,62,63)(H,64,65,66)(H,67,68,69). The van der Waals surface area contributed by atoms with Crippen LogP contribution in [0.15, 0.2) is 112 Å². The molecule has 0 aliphatic rings. The lowest BCUT2D eigenvalue weighted by molar-refractivity contribution is 0.282. The lowest BCUT2D eigenvalue weighted by Crippen LogP contribution is -2.08. The summed E-state index contributed by atoms with van der Waals surface area (Å²) in [4.78, 5) is 7.96. The van der Waals surface area contributed by atoms with Crippen LogP contribution in [-0.2, 0) is 47.1 Å². The highest BCUT2D eigenvalue weighted by Crippen LogP contribution is 2.44. The van der Waals surface area contributed by atoms with Crippen LogP contribution in [-0.4, -0.2) is 107 Å². The van der Waals surface area contributed by atoms with E-state index < -0.39 is 74.3 Å². The van der Waals surface area contributed by atoms with Crippen LogP contribution in [0.1, 0.15) is 35.1 Å². The van der Waals surface area contributed by atoms with Crippen LogP contribution in [0, 0.1) is 25.2 Å². The summed E-state index contributed by atoms with van der Waals surface area (Å²) in [6.45, 7) is 2.26. The molecular weight excluding hydrogens is 1130 g/mol. The number of fused-ring (bicyclic) bond motifs is 6. The Morgan fingerprint density at radius 1 is 0.753 bits per heavy atom. The normalized spacial score (nSPS) is 12.9. The molecule has 0 bridgehead atoms. The van der Waals surface area contributed by atoms with Crippen molar-refractivity contribution in [2.24, 2.45) is 30.7 Å². The minimum Gasteiger partial charge on any atom is -0.494 e. The fraction of sp³-hybridized carbons (Fsp3) is 0.222. The van der Waals surface area contributed by atoms with Crippen molar-refractivity contribution in [1.29, 1.82) is 5.26 Å². The van der Waals surface area contributed by atoms with Gasteiger partial charge in [-0.15, -0.1) is 37.3 Å². The molecule has 0 saturated carbocycles. The van der Waals surface area contributed by atoms with E-state index >= 15 is 0 Å². The minimum absolute atomic E-state index is 0.0165. The number of nitrogens with zero attached hydrogens (tertiary/aromatic N) is 10. The number of para-hydroxylation sites is 1. The third kappa shape index (κ3) is 12.5. The maximum atomic E-state index is 12.5. The van der Waals surface area contributed by atoms with Crippen LogP contribution < -0.4 is 9.47 Å². The maximum absolute atomic E-state index is 12.5. The number of methoxy groups -OCH3 is 1. The molecule has 402 valence electrons. The maximum Gasteiger partial charge on any atom is 0.296 e. The SMILES string of the molecule is COc1cccc2c1nc1c(C#N)c(C)c(N=Nc3cc(C)c(N=Nc4cc(CO)c(N=Nc5nc6c(S(=O)(=O)O)cc7ccc(S(=O)(=O)O)cc7c6s5)cc4SCCCS(=O)(=O)O)cc3OCCCS(=O)(=O)O)c(O)n12. The molecule has 0 fully saturated rings. The Kier molecular flexibility index (Phi) is 16.1. The molecule has 0 saturated heterocycles. The topological polar surface area (TPSA) is 405 Å². The van der Waals surface area contributed by atoms with Crippen LogP contribution >= 0.6 is 23.1 Å². The molecule has 6 N–H and O–H groups in total. The number of nitriles is 1. The predicted octanol–water partition coefficient (Wildman–Crippen LogP) is 9.71. The van der Waals surface area contributed by atoms with Gasteiger partial charge in [-0.25, -0.2) is 9.97 Å². The van der Waals surface area contributed by atoms with Gasteiger partial charge >= 0.3 is 0 Å². The summed E-state index contributed by atoms with van der Waals surface area (Å²) < 4.78 is 146. The third-order valence-corrected chi connectivity index (χ3v) is 16.8. The van der Waals surface area contributed by atoms with Gasteiger partial charge in [0.25, 0.3) is 40.5 Å². The second kappa shape index (κ2) is 22.1. The number of aromatic nitrogens is 3. The number of rotatable bonds is 20. The Bertz CT molecular complexity index is 4330. The lowest BCUT2D eigenvalue weighted by atomic mass is 10.1. The molecule has 0 aliphatic carbocycles. The second-order valence-corrected chi connectivity index (χ2v) is 24.6. The molecule has 0 atom stereocenters. The molecule has 5 aromatic carbocycles. The summed E-state index contributed by atoms with van der Waals surface area (Å²) in [7, 11) is -16.8. The van der Waals surface area contributed by atoms with Gasteiger partial charge in [-0.2, -0.15) is 44.0 Å².